The van der Waals surface area contributed by atoms with E-state index in [1.807, 2.05) is 6.07 Å². The minimum atomic E-state index is -4.16. The van der Waals surface area contributed by atoms with Crippen LogP contribution in [0.4, 0.5) is 10.1 Å². The quantitative estimate of drug-likeness (QED) is 0.658. The number of benzene rings is 2. The van der Waals surface area contributed by atoms with E-state index in [1.54, 1.807) is 13.8 Å². The predicted octanol–water partition coefficient (Wildman–Crippen LogP) is 2.82. The van der Waals surface area contributed by atoms with Gasteiger partial charge in [-0.1, -0.05) is 6.92 Å². The number of hydrogen-bond donors (Lipinski definition) is 0. The van der Waals surface area contributed by atoms with Gasteiger partial charge in [0.25, 0.3) is 5.91 Å². The fourth-order valence-electron chi connectivity index (χ4n) is 3.39. The molecule has 1 heterocycles. The summed E-state index contributed by atoms with van der Waals surface area (Å²) in [6, 6.07) is 10.4. The van der Waals surface area contributed by atoms with Gasteiger partial charge in [0.05, 0.1) is 28.6 Å². The third-order valence-corrected chi connectivity index (χ3v) is 7.14. The molecule has 2 unspecified atom stereocenters. The third-order valence-electron chi connectivity index (χ3n) is 5.10. The predicted molar refractivity (Wildman–Crippen MR) is 107 cm³/mol. The molecule has 30 heavy (non-hydrogen) atoms. The molecular formula is C21H20FN3O4S. The number of hydrogen-bond acceptors (Lipinski definition) is 5. The van der Waals surface area contributed by atoms with Crippen LogP contribution in [0.2, 0.25) is 0 Å². The first-order chi connectivity index (χ1) is 14.2. The lowest BCUT2D eigenvalue weighted by Gasteiger charge is -2.31. The molecule has 0 radical (unpaired) electrons. The average molecular weight is 429 g/mol. The van der Waals surface area contributed by atoms with Gasteiger partial charge in [0, 0.05) is 6.04 Å². The summed E-state index contributed by atoms with van der Waals surface area (Å²) in [4.78, 5) is 26.6. The molecule has 2 aromatic carbocycles. The lowest BCUT2D eigenvalue weighted by atomic mass is 10.2. The molecule has 3 rings (SSSR count). The van der Waals surface area contributed by atoms with E-state index in [-0.39, 0.29) is 17.0 Å². The van der Waals surface area contributed by atoms with Crippen molar-refractivity contribution in [2.45, 2.75) is 43.7 Å². The first kappa shape index (κ1) is 21.6. The molecule has 1 aliphatic rings. The molecule has 1 aliphatic heterocycles. The second kappa shape index (κ2) is 8.34. The molecule has 1 saturated heterocycles. The van der Waals surface area contributed by atoms with Crippen LogP contribution in [0, 0.1) is 17.1 Å². The summed E-state index contributed by atoms with van der Waals surface area (Å²) >= 11 is 0. The zero-order valence-electron chi connectivity index (χ0n) is 16.4. The Morgan fingerprint density at radius 2 is 1.77 bits per heavy atom. The lowest BCUT2D eigenvalue weighted by molar-refractivity contribution is -0.122. The average Bonchev–Trinajstić information content (AvgIpc) is 3.01. The van der Waals surface area contributed by atoms with Crippen molar-refractivity contribution in [3.63, 3.8) is 0 Å². The van der Waals surface area contributed by atoms with E-state index >= 15 is 0 Å². The summed E-state index contributed by atoms with van der Waals surface area (Å²) in [6.07, 6.45) is 0.110. The van der Waals surface area contributed by atoms with E-state index in [4.69, 9.17) is 5.26 Å². The van der Waals surface area contributed by atoms with Crippen LogP contribution in [0.3, 0.4) is 0 Å². The molecule has 7 nitrogen and oxygen atoms in total. The standard InChI is InChI=1S/C21H20FN3O4S/c1-3-14(2)25(30(28,29)18-10-6-16(22)7-11-18)19-12-20(26)24(21(19)27)17-8-4-15(13-23)5-9-17/h4-11,14,19H,3,12H2,1-2H3. The van der Waals surface area contributed by atoms with E-state index in [2.05, 4.69) is 0 Å². The van der Waals surface area contributed by atoms with Crippen LogP contribution in [0.25, 0.3) is 0 Å². The molecule has 9 heteroatoms. The van der Waals surface area contributed by atoms with Gasteiger partial charge >= 0.3 is 0 Å². The number of nitrogens with zero attached hydrogens (tertiary/aromatic N) is 3. The van der Waals surface area contributed by atoms with Crippen LogP contribution >= 0.6 is 0 Å². The molecule has 2 aromatic rings. The first-order valence-corrected chi connectivity index (χ1v) is 10.8. The van der Waals surface area contributed by atoms with Crippen LogP contribution in [-0.2, 0) is 19.6 Å². The maximum Gasteiger partial charge on any atom is 0.252 e. The van der Waals surface area contributed by atoms with Gasteiger partial charge in [-0.05, 0) is 61.9 Å². The highest BCUT2D eigenvalue weighted by molar-refractivity contribution is 7.89. The molecule has 1 fully saturated rings. The van der Waals surface area contributed by atoms with Gasteiger partial charge in [0.2, 0.25) is 15.9 Å². The largest absolute Gasteiger partial charge is 0.274 e. The number of anilines is 1. The monoisotopic (exact) mass is 429 g/mol. The summed E-state index contributed by atoms with van der Waals surface area (Å²) in [6.45, 7) is 3.43. The van der Waals surface area contributed by atoms with Crippen LogP contribution in [0.15, 0.2) is 53.4 Å². The normalized spacial score (nSPS) is 18.0. The van der Waals surface area contributed by atoms with Crippen molar-refractivity contribution in [1.29, 1.82) is 5.26 Å². The maximum absolute atomic E-state index is 13.3. The maximum atomic E-state index is 13.3. The van der Waals surface area contributed by atoms with Gasteiger partial charge in [-0.2, -0.15) is 9.57 Å². The van der Waals surface area contributed by atoms with Gasteiger partial charge in [-0.25, -0.2) is 17.7 Å². The van der Waals surface area contributed by atoms with E-state index < -0.39 is 39.7 Å². The number of carbonyl (C=O) groups is 2. The minimum absolute atomic E-state index is 0.152. The molecule has 0 bridgehead atoms. The van der Waals surface area contributed by atoms with Crippen molar-refractivity contribution in [2.24, 2.45) is 0 Å². The van der Waals surface area contributed by atoms with Crippen molar-refractivity contribution in [3.05, 3.63) is 59.9 Å². The van der Waals surface area contributed by atoms with Gasteiger partial charge in [0.1, 0.15) is 11.9 Å². The molecule has 0 N–H and O–H groups in total. The van der Waals surface area contributed by atoms with Crippen LogP contribution in [-0.4, -0.2) is 36.6 Å². The molecule has 0 saturated carbocycles. The number of imide groups is 1. The molecule has 0 aliphatic carbocycles. The number of carbonyl (C=O) groups excluding carboxylic acids is 2. The third kappa shape index (κ3) is 3.84. The van der Waals surface area contributed by atoms with Crippen molar-refractivity contribution in [3.8, 4) is 6.07 Å². The van der Waals surface area contributed by atoms with Crippen LogP contribution < -0.4 is 4.90 Å². The highest BCUT2D eigenvalue weighted by Crippen LogP contribution is 2.31. The number of rotatable bonds is 6. The fourth-order valence-corrected chi connectivity index (χ4v) is 5.24. The SMILES string of the molecule is CCC(C)N(C1CC(=O)N(c2ccc(C#N)cc2)C1=O)S(=O)(=O)c1ccc(F)cc1. The zero-order valence-corrected chi connectivity index (χ0v) is 17.3. The summed E-state index contributed by atoms with van der Waals surface area (Å²) in [5.41, 5.74) is 0.643. The number of sulfonamides is 1. The van der Waals surface area contributed by atoms with Gasteiger partial charge in [0.15, 0.2) is 0 Å². The van der Waals surface area contributed by atoms with Crippen molar-refractivity contribution < 1.29 is 22.4 Å². The Hall–Kier alpha value is -3.09. The topological polar surface area (TPSA) is 98.5 Å². The number of amides is 2. The summed E-state index contributed by atoms with van der Waals surface area (Å²) in [7, 11) is -4.16. The highest BCUT2D eigenvalue weighted by Gasteiger charge is 2.48. The molecular weight excluding hydrogens is 409 g/mol. The van der Waals surface area contributed by atoms with Crippen molar-refractivity contribution in [1.82, 2.24) is 4.31 Å². The van der Waals surface area contributed by atoms with Crippen LogP contribution in [0.1, 0.15) is 32.3 Å². The van der Waals surface area contributed by atoms with E-state index in [1.165, 1.54) is 24.3 Å². The molecule has 2 atom stereocenters. The Balaban J connectivity index is 2.01. The summed E-state index contributed by atoms with van der Waals surface area (Å²) in [5, 5.41) is 8.92. The van der Waals surface area contributed by atoms with E-state index in [0.29, 0.717) is 12.0 Å². The Morgan fingerprint density at radius 1 is 1.17 bits per heavy atom. The van der Waals surface area contributed by atoms with Gasteiger partial charge < -0.3 is 0 Å². The smallest absolute Gasteiger partial charge is 0.252 e. The molecule has 0 aromatic heterocycles. The number of halogens is 1. The summed E-state index contributed by atoms with van der Waals surface area (Å²) < 4.78 is 40.9. The Kier molecular flexibility index (Phi) is 6.01. The van der Waals surface area contributed by atoms with Crippen molar-refractivity contribution >= 4 is 27.5 Å². The zero-order chi connectivity index (χ0) is 22.1. The van der Waals surface area contributed by atoms with Gasteiger partial charge in [-0.3, -0.25) is 9.59 Å². The molecule has 0 spiro atoms. The minimum Gasteiger partial charge on any atom is -0.274 e. The second-order valence-electron chi connectivity index (χ2n) is 6.99. The fraction of sp³-hybridized carbons (Fsp3) is 0.286. The van der Waals surface area contributed by atoms with Gasteiger partial charge in [-0.15, -0.1) is 0 Å². The summed E-state index contributed by atoms with van der Waals surface area (Å²) in [5.74, 6) is -1.77. The lowest BCUT2D eigenvalue weighted by Crippen LogP contribution is -2.49. The van der Waals surface area contributed by atoms with Crippen molar-refractivity contribution in [2.75, 3.05) is 4.90 Å². The Labute approximate surface area is 174 Å². The Morgan fingerprint density at radius 3 is 2.30 bits per heavy atom. The highest BCUT2D eigenvalue weighted by atomic mass is 32.2. The molecule has 2 amide bonds. The molecule has 156 valence electrons. The second-order valence-corrected chi connectivity index (χ2v) is 8.84. The first-order valence-electron chi connectivity index (χ1n) is 9.36. The Bertz CT molecular complexity index is 1110. The van der Waals surface area contributed by atoms with Crippen LogP contribution in [0.5, 0.6) is 0 Å². The van der Waals surface area contributed by atoms with E-state index in [0.717, 1.165) is 33.5 Å². The number of nitriles is 1. The van der Waals surface area contributed by atoms with E-state index in [9.17, 15) is 22.4 Å².